The summed E-state index contributed by atoms with van der Waals surface area (Å²) in [4.78, 5) is 17.9. The average molecular weight is 451 g/mol. The SMILES string of the molecule is CCSC1=NN2C(=c3ccccc3=N[C@@H]2c2ccc(-c3cc(Cl)ccc3C)o2)C(=O)N1. The molecular weight excluding hydrogens is 432 g/mol. The Morgan fingerprint density at radius 3 is 2.87 bits per heavy atom. The molecule has 3 aromatic rings. The third-order valence-corrected chi connectivity index (χ3v) is 6.12. The van der Waals surface area contributed by atoms with Crippen molar-refractivity contribution in [1.82, 2.24) is 10.3 Å². The smallest absolute Gasteiger partial charge is 0.276 e. The predicted molar refractivity (Wildman–Crippen MR) is 123 cm³/mol. The molecular formula is C23H19ClN4O2S. The van der Waals surface area contributed by atoms with Crippen LogP contribution in [0.25, 0.3) is 17.0 Å². The molecule has 2 aromatic carbocycles. The lowest BCUT2D eigenvalue weighted by Crippen LogP contribution is -2.50. The van der Waals surface area contributed by atoms with E-state index in [1.807, 2.05) is 68.4 Å². The summed E-state index contributed by atoms with van der Waals surface area (Å²) in [5.74, 6) is 1.88. The molecule has 8 heteroatoms. The highest BCUT2D eigenvalue weighted by Gasteiger charge is 2.35. The summed E-state index contributed by atoms with van der Waals surface area (Å²) in [6.45, 7) is 4.02. The second-order valence-corrected chi connectivity index (χ2v) is 8.86. The highest BCUT2D eigenvalue weighted by molar-refractivity contribution is 8.13. The van der Waals surface area contributed by atoms with Gasteiger partial charge in [0.05, 0.1) is 5.36 Å². The number of thioether (sulfide) groups is 1. The molecule has 0 radical (unpaired) electrons. The van der Waals surface area contributed by atoms with Crippen LogP contribution in [0.15, 0.2) is 69.1 Å². The van der Waals surface area contributed by atoms with Crippen LogP contribution in [0.4, 0.5) is 0 Å². The number of aryl methyl sites for hydroxylation is 1. The van der Waals surface area contributed by atoms with Gasteiger partial charge in [-0.05, 0) is 48.6 Å². The third-order valence-electron chi connectivity index (χ3n) is 5.14. The standard InChI is InChI=1S/C23H19ClN4O2S/c1-3-31-23-26-22(29)20-15-6-4-5-7-17(15)25-21(28(20)27-23)19-11-10-18(30-19)16-12-14(24)9-8-13(16)2/h4-12,21H,3H2,1-2H3,(H,26,27,29)/t21-/m0/s1. The highest BCUT2D eigenvalue weighted by atomic mass is 35.5. The van der Waals surface area contributed by atoms with Gasteiger partial charge in [-0.15, -0.1) is 5.10 Å². The molecule has 1 aromatic heterocycles. The highest BCUT2D eigenvalue weighted by Crippen LogP contribution is 2.35. The van der Waals surface area contributed by atoms with E-state index < -0.39 is 6.17 Å². The first-order valence-corrected chi connectivity index (χ1v) is 11.3. The molecule has 0 aliphatic carbocycles. The minimum absolute atomic E-state index is 0.198. The first-order valence-electron chi connectivity index (χ1n) is 9.90. The maximum absolute atomic E-state index is 13.0. The minimum Gasteiger partial charge on any atom is -0.457 e. The van der Waals surface area contributed by atoms with Gasteiger partial charge in [0.15, 0.2) is 10.9 Å². The van der Waals surface area contributed by atoms with Gasteiger partial charge in [0.2, 0.25) is 6.17 Å². The van der Waals surface area contributed by atoms with E-state index in [1.54, 1.807) is 5.01 Å². The van der Waals surface area contributed by atoms with Crippen molar-refractivity contribution in [3.63, 3.8) is 0 Å². The number of carbonyl (C=O) groups excluding carboxylic acids is 1. The van der Waals surface area contributed by atoms with Gasteiger partial charge in [-0.25, -0.2) is 10.0 Å². The van der Waals surface area contributed by atoms with Crippen molar-refractivity contribution in [2.45, 2.75) is 20.0 Å². The Hall–Kier alpha value is -3.03. The van der Waals surface area contributed by atoms with Crippen LogP contribution < -0.4 is 15.9 Å². The van der Waals surface area contributed by atoms with Crippen LogP contribution in [0.1, 0.15) is 24.4 Å². The third kappa shape index (κ3) is 3.54. The second-order valence-electron chi connectivity index (χ2n) is 7.17. The van der Waals surface area contributed by atoms with Crippen LogP contribution in [-0.2, 0) is 4.79 Å². The maximum Gasteiger partial charge on any atom is 0.276 e. The van der Waals surface area contributed by atoms with Gasteiger partial charge in [0.1, 0.15) is 11.5 Å². The van der Waals surface area contributed by atoms with E-state index in [1.165, 1.54) is 11.8 Å². The number of nitrogens with one attached hydrogen (secondary N) is 1. The van der Waals surface area contributed by atoms with Crippen molar-refractivity contribution in [3.8, 4) is 11.3 Å². The first kappa shape index (κ1) is 19.9. The summed E-state index contributed by atoms with van der Waals surface area (Å²) in [5.41, 5.74) is 2.44. The van der Waals surface area contributed by atoms with Crippen molar-refractivity contribution in [3.05, 3.63) is 81.5 Å². The van der Waals surface area contributed by atoms with Gasteiger partial charge in [-0.3, -0.25) is 10.1 Å². The van der Waals surface area contributed by atoms with E-state index >= 15 is 0 Å². The average Bonchev–Trinajstić information content (AvgIpc) is 3.24. The number of hydrazone groups is 1. The minimum atomic E-state index is -0.586. The molecule has 2 aliphatic rings. The Morgan fingerprint density at radius 2 is 2.03 bits per heavy atom. The van der Waals surface area contributed by atoms with Crippen LogP contribution in [0.5, 0.6) is 0 Å². The summed E-state index contributed by atoms with van der Waals surface area (Å²) in [6.07, 6.45) is -0.586. The number of fused-ring (bicyclic) bond motifs is 2. The largest absolute Gasteiger partial charge is 0.457 e. The van der Waals surface area contributed by atoms with E-state index in [2.05, 4.69) is 10.4 Å². The summed E-state index contributed by atoms with van der Waals surface area (Å²) >= 11 is 7.67. The lowest BCUT2D eigenvalue weighted by atomic mass is 10.1. The zero-order valence-corrected chi connectivity index (χ0v) is 18.5. The Labute approximate surface area is 188 Å². The topological polar surface area (TPSA) is 70.2 Å². The summed E-state index contributed by atoms with van der Waals surface area (Å²) in [6, 6.07) is 17.0. The number of amides is 1. The Kier molecular flexibility index (Phi) is 5.08. The fraction of sp³-hybridized carbons (Fsp3) is 0.174. The van der Waals surface area contributed by atoms with E-state index in [-0.39, 0.29) is 5.91 Å². The number of rotatable bonds is 3. The number of carbonyl (C=O) groups is 1. The molecule has 2 aliphatic heterocycles. The number of amidine groups is 1. The van der Waals surface area contributed by atoms with E-state index in [9.17, 15) is 4.79 Å². The quantitative estimate of drug-likeness (QED) is 0.658. The second kappa shape index (κ2) is 7.90. The molecule has 0 unspecified atom stereocenters. The van der Waals surface area contributed by atoms with Crippen LogP contribution in [0, 0.1) is 6.92 Å². The molecule has 1 atom stereocenters. The molecule has 3 heterocycles. The number of halogens is 1. The molecule has 0 bridgehead atoms. The van der Waals surface area contributed by atoms with Gasteiger partial charge in [0.25, 0.3) is 5.91 Å². The zero-order valence-electron chi connectivity index (χ0n) is 16.9. The molecule has 1 amide bonds. The summed E-state index contributed by atoms with van der Waals surface area (Å²) < 4.78 is 6.22. The van der Waals surface area contributed by atoms with Crippen LogP contribution in [-0.4, -0.2) is 21.8 Å². The first-order chi connectivity index (χ1) is 15.0. The van der Waals surface area contributed by atoms with Crippen LogP contribution in [0.2, 0.25) is 5.02 Å². The molecule has 0 saturated heterocycles. The molecule has 156 valence electrons. The number of benzene rings is 2. The summed E-state index contributed by atoms with van der Waals surface area (Å²) in [5, 5.41) is 11.9. The lowest BCUT2D eigenvalue weighted by Gasteiger charge is -2.32. The lowest BCUT2D eigenvalue weighted by molar-refractivity contribution is -0.116. The van der Waals surface area contributed by atoms with Gasteiger partial charge in [-0.1, -0.05) is 54.6 Å². The Morgan fingerprint density at radius 1 is 1.19 bits per heavy atom. The fourth-order valence-corrected chi connectivity index (χ4v) is 4.47. The van der Waals surface area contributed by atoms with Gasteiger partial charge < -0.3 is 4.42 Å². The van der Waals surface area contributed by atoms with Crippen molar-refractivity contribution in [1.29, 1.82) is 0 Å². The number of hydrogen-bond donors (Lipinski definition) is 1. The normalized spacial score (nSPS) is 17.5. The van der Waals surface area contributed by atoms with Gasteiger partial charge in [-0.2, -0.15) is 0 Å². The number of para-hydroxylation sites is 1. The molecule has 6 nitrogen and oxygen atoms in total. The van der Waals surface area contributed by atoms with E-state index in [0.717, 1.165) is 27.5 Å². The molecule has 31 heavy (non-hydrogen) atoms. The van der Waals surface area contributed by atoms with E-state index in [4.69, 9.17) is 21.0 Å². The molecule has 0 spiro atoms. The summed E-state index contributed by atoms with van der Waals surface area (Å²) in [7, 11) is 0. The van der Waals surface area contributed by atoms with Crippen molar-refractivity contribution < 1.29 is 9.21 Å². The molecule has 0 fully saturated rings. The molecule has 1 N–H and O–H groups in total. The number of nitrogens with zero attached hydrogens (tertiary/aromatic N) is 3. The molecule has 5 rings (SSSR count). The zero-order chi connectivity index (χ0) is 21.5. The molecule has 0 saturated carbocycles. The van der Waals surface area contributed by atoms with Crippen molar-refractivity contribution in [2.75, 3.05) is 5.75 Å². The van der Waals surface area contributed by atoms with Gasteiger partial charge >= 0.3 is 0 Å². The number of hydrogen-bond acceptors (Lipinski definition) is 6. The van der Waals surface area contributed by atoms with Crippen LogP contribution >= 0.6 is 23.4 Å². The van der Waals surface area contributed by atoms with E-state index in [0.29, 0.717) is 27.4 Å². The number of furan rings is 1. The predicted octanol–water partition coefficient (Wildman–Crippen LogP) is 3.80. The van der Waals surface area contributed by atoms with Gasteiger partial charge in [0, 0.05) is 15.8 Å². The van der Waals surface area contributed by atoms with Crippen molar-refractivity contribution >= 4 is 40.1 Å². The maximum atomic E-state index is 13.0. The monoisotopic (exact) mass is 450 g/mol. The Balaban J connectivity index is 1.65. The van der Waals surface area contributed by atoms with Crippen LogP contribution in [0.3, 0.4) is 0 Å². The Bertz CT molecular complexity index is 1350. The fourth-order valence-electron chi connectivity index (χ4n) is 3.71. The van der Waals surface area contributed by atoms with Crippen molar-refractivity contribution in [2.24, 2.45) is 10.1 Å².